The minimum Gasteiger partial charge on any atom is -0.383 e. The van der Waals surface area contributed by atoms with Crippen LogP contribution in [0.15, 0.2) is 18.6 Å². The van der Waals surface area contributed by atoms with Gasteiger partial charge in [0.25, 0.3) is 0 Å². The van der Waals surface area contributed by atoms with Crippen molar-refractivity contribution in [3.8, 4) is 0 Å². The van der Waals surface area contributed by atoms with Gasteiger partial charge in [-0.15, -0.1) is 0 Å². The fraction of sp³-hybridized carbons (Fsp3) is 0.417. The first kappa shape index (κ1) is 12.8. The van der Waals surface area contributed by atoms with E-state index in [-0.39, 0.29) is 0 Å². The highest BCUT2D eigenvalue weighted by Crippen LogP contribution is 2.18. The fourth-order valence-electron chi connectivity index (χ4n) is 1.73. The summed E-state index contributed by atoms with van der Waals surface area (Å²) in [5.41, 5.74) is 6.71. The van der Waals surface area contributed by atoms with Crippen molar-refractivity contribution < 1.29 is 0 Å². The number of nitrogen functional groups attached to an aromatic ring is 1. The maximum Gasteiger partial charge on any atom is 0.138 e. The standard InChI is InChI=1S/C12H16ClN5/c1-8(2)6-18-11(16-7-17-18)4-9-3-10(13)5-15-12(9)14/h3,5,7-8H,4,6H2,1-2H3,(H2,14,15). The van der Waals surface area contributed by atoms with Crippen molar-refractivity contribution in [3.63, 3.8) is 0 Å². The number of rotatable bonds is 4. The van der Waals surface area contributed by atoms with Crippen molar-refractivity contribution in [2.75, 3.05) is 5.73 Å². The van der Waals surface area contributed by atoms with Crippen LogP contribution in [0.1, 0.15) is 25.2 Å². The predicted molar refractivity (Wildman–Crippen MR) is 71.3 cm³/mol. The Morgan fingerprint density at radius 1 is 1.39 bits per heavy atom. The Bertz CT molecular complexity index is 535. The van der Waals surface area contributed by atoms with Crippen LogP contribution in [0.2, 0.25) is 5.02 Å². The van der Waals surface area contributed by atoms with Crippen molar-refractivity contribution in [1.82, 2.24) is 19.7 Å². The Morgan fingerprint density at radius 2 is 2.17 bits per heavy atom. The normalized spacial score (nSPS) is 11.1. The SMILES string of the molecule is CC(C)Cn1ncnc1Cc1cc(Cl)cnc1N. The van der Waals surface area contributed by atoms with Gasteiger partial charge in [-0.05, 0) is 12.0 Å². The summed E-state index contributed by atoms with van der Waals surface area (Å²) in [6.07, 6.45) is 3.69. The van der Waals surface area contributed by atoms with Gasteiger partial charge in [-0.3, -0.25) is 0 Å². The van der Waals surface area contributed by atoms with Crippen LogP contribution in [0.4, 0.5) is 5.82 Å². The van der Waals surface area contributed by atoms with Crippen molar-refractivity contribution in [3.05, 3.63) is 35.0 Å². The molecule has 2 aromatic rings. The predicted octanol–water partition coefficient (Wildman–Crippen LogP) is 2.16. The van der Waals surface area contributed by atoms with E-state index in [1.165, 1.54) is 0 Å². The molecule has 0 fully saturated rings. The number of pyridine rings is 1. The highest BCUT2D eigenvalue weighted by atomic mass is 35.5. The van der Waals surface area contributed by atoms with Gasteiger partial charge in [0, 0.05) is 24.7 Å². The molecule has 0 atom stereocenters. The number of nitrogens with zero attached hydrogens (tertiary/aromatic N) is 4. The minimum absolute atomic E-state index is 0.485. The molecule has 0 saturated carbocycles. The van der Waals surface area contributed by atoms with Crippen LogP contribution >= 0.6 is 11.6 Å². The van der Waals surface area contributed by atoms with Gasteiger partial charge in [-0.2, -0.15) is 5.10 Å². The molecule has 5 nitrogen and oxygen atoms in total. The van der Waals surface area contributed by atoms with E-state index >= 15 is 0 Å². The smallest absolute Gasteiger partial charge is 0.138 e. The Hall–Kier alpha value is -1.62. The van der Waals surface area contributed by atoms with Crippen LogP contribution in [0.5, 0.6) is 0 Å². The molecule has 2 rings (SSSR count). The summed E-state index contributed by atoms with van der Waals surface area (Å²) in [6, 6.07) is 1.82. The summed E-state index contributed by atoms with van der Waals surface area (Å²) < 4.78 is 1.89. The molecule has 0 aliphatic heterocycles. The third-order valence-electron chi connectivity index (χ3n) is 2.55. The molecule has 2 aromatic heterocycles. The summed E-state index contributed by atoms with van der Waals surface area (Å²) in [7, 11) is 0. The van der Waals surface area contributed by atoms with E-state index in [2.05, 4.69) is 28.9 Å². The van der Waals surface area contributed by atoms with Gasteiger partial charge < -0.3 is 5.73 Å². The summed E-state index contributed by atoms with van der Waals surface area (Å²) in [4.78, 5) is 8.30. The number of nitrogens with two attached hydrogens (primary N) is 1. The first-order valence-electron chi connectivity index (χ1n) is 5.83. The zero-order valence-electron chi connectivity index (χ0n) is 10.5. The second-order valence-electron chi connectivity index (χ2n) is 4.63. The number of halogens is 1. The Balaban J connectivity index is 2.23. The van der Waals surface area contributed by atoms with Gasteiger partial charge in [0.15, 0.2) is 0 Å². The van der Waals surface area contributed by atoms with Crippen LogP contribution in [0.3, 0.4) is 0 Å². The first-order valence-corrected chi connectivity index (χ1v) is 6.20. The quantitative estimate of drug-likeness (QED) is 0.920. The largest absolute Gasteiger partial charge is 0.383 e. The Morgan fingerprint density at radius 3 is 2.89 bits per heavy atom. The van der Waals surface area contributed by atoms with Crippen LogP contribution in [-0.2, 0) is 13.0 Å². The van der Waals surface area contributed by atoms with Crippen LogP contribution in [0.25, 0.3) is 0 Å². The maximum absolute atomic E-state index is 5.92. The number of hydrogen-bond acceptors (Lipinski definition) is 4. The average molecular weight is 266 g/mol. The number of aromatic nitrogens is 4. The lowest BCUT2D eigenvalue weighted by molar-refractivity contribution is 0.469. The fourth-order valence-corrected chi connectivity index (χ4v) is 1.91. The van der Waals surface area contributed by atoms with Gasteiger partial charge >= 0.3 is 0 Å². The van der Waals surface area contributed by atoms with Crippen molar-refractivity contribution >= 4 is 17.4 Å². The van der Waals surface area contributed by atoms with E-state index in [1.807, 2.05) is 10.7 Å². The molecule has 0 saturated heterocycles. The highest BCUT2D eigenvalue weighted by molar-refractivity contribution is 6.30. The topological polar surface area (TPSA) is 69.6 Å². The summed E-state index contributed by atoms with van der Waals surface area (Å²) in [5.74, 6) is 1.87. The molecular weight excluding hydrogens is 250 g/mol. The van der Waals surface area contributed by atoms with E-state index in [1.54, 1.807) is 12.5 Å². The molecule has 0 radical (unpaired) electrons. The van der Waals surface area contributed by atoms with Gasteiger partial charge in [0.05, 0.1) is 5.02 Å². The summed E-state index contributed by atoms with van der Waals surface area (Å²) >= 11 is 5.92. The highest BCUT2D eigenvalue weighted by Gasteiger charge is 2.10. The summed E-state index contributed by atoms with van der Waals surface area (Å²) in [5, 5.41) is 4.79. The molecule has 0 unspecified atom stereocenters. The molecule has 0 aromatic carbocycles. The number of anilines is 1. The van der Waals surface area contributed by atoms with Crippen LogP contribution in [-0.4, -0.2) is 19.7 Å². The van der Waals surface area contributed by atoms with Crippen LogP contribution in [0, 0.1) is 5.92 Å². The van der Waals surface area contributed by atoms with Crippen molar-refractivity contribution in [1.29, 1.82) is 0 Å². The van der Waals surface area contributed by atoms with Crippen LogP contribution < -0.4 is 5.73 Å². The lowest BCUT2D eigenvalue weighted by Gasteiger charge is -2.09. The molecular formula is C12H16ClN5. The van der Waals surface area contributed by atoms with Gasteiger partial charge in [-0.25, -0.2) is 14.6 Å². The zero-order valence-corrected chi connectivity index (χ0v) is 11.2. The van der Waals surface area contributed by atoms with Gasteiger partial charge in [-0.1, -0.05) is 25.4 Å². The third kappa shape index (κ3) is 2.98. The van der Waals surface area contributed by atoms with Crippen molar-refractivity contribution in [2.45, 2.75) is 26.8 Å². The molecule has 0 aliphatic carbocycles. The van der Waals surface area contributed by atoms with E-state index in [0.29, 0.717) is 23.2 Å². The third-order valence-corrected chi connectivity index (χ3v) is 2.76. The zero-order chi connectivity index (χ0) is 13.1. The molecule has 18 heavy (non-hydrogen) atoms. The molecule has 2 heterocycles. The van der Waals surface area contributed by atoms with E-state index in [0.717, 1.165) is 17.9 Å². The van der Waals surface area contributed by atoms with Gasteiger partial charge in [0.2, 0.25) is 0 Å². The number of hydrogen-bond donors (Lipinski definition) is 1. The molecule has 0 spiro atoms. The van der Waals surface area contributed by atoms with E-state index < -0.39 is 0 Å². The molecule has 2 N–H and O–H groups in total. The molecule has 6 heteroatoms. The molecule has 0 bridgehead atoms. The molecule has 0 aliphatic rings. The second kappa shape index (κ2) is 5.35. The van der Waals surface area contributed by atoms with E-state index in [4.69, 9.17) is 17.3 Å². The van der Waals surface area contributed by atoms with Crippen molar-refractivity contribution in [2.24, 2.45) is 5.92 Å². The van der Waals surface area contributed by atoms with E-state index in [9.17, 15) is 0 Å². The molecule has 96 valence electrons. The molecule has 0 amide bonds. The average Bonchev–Trinajstić information content (AvgIpc) is 2.70. The first-order chi connectivity index (χ1) is 8.56. The maximum atomic E-state index is 5.92. The summed E-state index contributed by atoms with van der Waals surface area (Å²) in [6.45, 7) is 5.12. The minimum atomic E-state index is 0.485. The lowest BCUT2D eigenvalue weighted by atomic mass is 10.1. The second-order valence-corrected chi connectivity index (χ2v) is 5.06. The monoisotopic (exact) mass is 265 g/mol. The Kier molecular flexibility index (Phi) is 3.81. The Labute approximate surface area is 111 Å². The van der Waals surface area contributed by atoms with Gasteiger partial charge in [0.1, 0.15) is 18.0 Å². The lowest BCUT2D eigenvalue weighted by Crippen LogP contribution is -2.11.